The molecule has 1 aliphatic heterocycles. The highest BCUT2D eigenvalue weighted by atomic mass is 19.4. The lowest BCUT2D eigenvalue weighted by atomic mass is 9.96. The second-order valence-electron chi connectivity index (χ2n) is 4.52. The van der Waals surface area contributed by atoms with Crippen LogP contribution in [-0.2, 0) is 17.4 Å². The molecule has 2 heterocycles. The topological polar surface area (TPSA) is 64.2 Å². The normalized spacial score (nSPS) is 24.6. The summed E-state index contributed by atoms with van der Waals surface area (Å²) in [7, 11) is 1.71. The van der Waals surface area contributed by atoms with Gasteiger partial charge in [-0.2, -0.15) is 13.2 Å². The summed E-state index contributed by atoms with van der Waals surface area (Å²) in [5.74, 6) is -1.84. The highest BCUT2D eigenvalue weighted by Crippen LogP contribution is 2.31. The molecule has 2 N–H and O–H groups in total. The molecule has 8 heteroatoms. The van der Waals surface area contributed by atoms with Gasteiger partial charge in [0, 0.05) is 20.1 Å². The number of aromatic nitrogens is 2. The van der Waals surface area contributed by atoms with Gasteiger partial charge in [0.2, 0.25) is 0 Å². The van der Waals surface area contributed by atoms with Gasteiger partial charge in [-0.05, 0) is 6.42 Å². The molecule has 1 aromatic rings. The number of imidazole rings is 1. The maximum atomic E-state index is 12.3. The summed E-state index contributed by atoms with van der Waals surface area (Å²) < 4.78 is 38.6. The summed E-state index contributed by atoms with van der Waals surface area (Å²) in [5.41, 5.74) is 5.73. The number of amides is 1. The van der Waals surface area contributed by atoms with Crippen molar-refractivity contribution < 1.29 is 18.0 Å². The number of carbonyl (C=O) groups excluding carboxylic acids is 1. The van der Waals surface area contributed by atoms with Gasteiger partial charge in [-0.25, -0.2) is 4.98 Å². The minimum Gasteiger partial charge on any atom is -0.336 e. The smallest absolute Gasteiger partial charge is 0.336 e. The number of nitrogens with two attached hydrogens (primary N) is 1. The van der Waals surface area contributed by atoms with Crippen LogP contribution in [0.15, 0.2) is 12.5 Å². The number of alkyl halides is 3. The molecule has 0 aliphatic carbocycles. The van der Waals surface area contributed by atoms with Crippen LogP contribution in [0.2, 0.25) is 0 Å². The number of halogens is 3. The minimum absolute atomic E-state index is 0.0000231. The third-order valence-electron chi connectivity index (χ3n) is 3.16. The number of hydrogen-bond acceptors (Lipinski definition) is 3. The number of carbonyl (C=O) groups is 1. The molecular formula is C10H13F3N4O. The van der Waals surface area contributed by atoms with Gasteiger partial charge in [-0.3, -0.25) is 4.79 Å². The van der Waals surface area contributed by atoms with Crippen molar-refractivity contribution in [1.82, 2.24) is 14.5 Å². The van der Waals surface area contributed by atoms with E-state index < -0.39 is 17.6 Å². The molecule has 1 aromatic heterocycles. The molecule has 100 valence electrons. The third-order valence-corrected chi connectivity index (χ3v) is 3.16. The first kappa shape index (κ1) is 12.9. The van der Waals surface area contributed by atoms with Crippen molar-refractivity contribution in [2.75, 3.05) is 13.1 Å². The summed E-state index contributed by atoms with van der Waals surface area (Å²) in [4.78, 5) is 15.8. The van der Waals surface area contributed by atoms with Gasteiger partial charge in [0.1, 0.15) is 0 Å². The number of rotatable bonds is 1. The van der Waals surface area contributed by atoms with Crippen LogP contribution in [0.3, 0.4) is 0 Å². The molecule has 2 rings (SSSR count). The molecule has 1 amide bonds. The summed E-state index contributed by atoms with van der Waals surface area (Å²) >= 11 is 0. The monoisotopic (exact) mass is 262 g/mol. The van der Waals surface area contributed by atoms with Crippen LogP contribution in [-0.4, -0.2) is 39.6 Å². The lowest BCUT2D eigenvalue weighted by molar-refractivity contribution is -0.184. The van der Waals surface area contributed by atoms with Crippen LogP contribution < -0.4 is 5.73 Å². The number of aryl methyl sites for hydroxylation is 1. The Morgan fingerprint density at radius 3 is 2.72 bits per heavy atom. The van der Waals surface area contributed by atoms with Gasteiger partial charge in [-0.15, -0.1) is 0 Å². The first-order chi connectivity index (χ1) is 8.24. The SMILES string of the molecule is Cn1cncc1C1(N)CCN(C(=O)C(F)(F)F)C1. The average Bonchev–Trinajstić information content (AvgIpc) is 2.83. The van der Waals surface area contributed by atoms with Crippen LogP contribution in [0.5, 0.6) is 0 Å². The summed E-state index contributed by atoms with van der Waals surface area (Å²) in [6.07, 6.45) is -1.52. The molecule has 1 unspecified atom stereocenters. The molecule has 0 spiro atoms. The van der Waals surface area contributed by atoms with Crippen molar-refractivity contribution in [3.63, 3.8) is 0 Å². The van der Waals surface area contributed by atoms with Crippen molar-refractivity contribution in [2.45, 2.75) is 18.1 Å². The second-order valence-corrected chi connectivity index (χ2v) is 4.52. The van der Waals surface area contributed by atoms with Crippen molar-refractivity contribution in [1.29, 1.82) is 0 Å². The van der Waals surface area contributed by atoms with E-state index in [-0.39, 0.29) is 19.5 Å². The highest BCUT2D eigenvalue weighted by Gasteiger charge is 2.48. The first-order valence-electron chi connectivity index (χ1n) is 5.36. The summed E-state index contributed by atoms with van der Waals surface area (Å²) in [6, 6.07) is 0. The Bertz CT molecular complexity index is 470. The predicted molar refractivity (Wildman–Crippen MR) is 56.3 cm³/mol. The number of hydrogen-bond donors (Lipinski definition) is 1. The average molecular weight is 262 g/mol. The van der Waals surface area contributed by atoms with E-state index in [0.29, 0.717) is 5.69 Å². The van der Waals surface area contributed by atoms with Crippen LogP contribution in [0, 0.1) is 0 Å². The Hall–Kier alpha value is -1.57. The molecule has 0 bridgehead atoms. The Kier molecular flexibility index (Phi) is 2.84. The van der Waals surface area contributed by atoms with Crippen molar-refractivity contribution in [2.24, 2.45) is 12.8 Å². The van der Waals surface area contributed by atoms with Crippen LogP contribution in [0.1, 0.15) is 12.1 Å². The zero-order valence-electron chi connectivity index (χ0n) is 9.74. The Labute approximate surface area is 101 Å². The van der Waals surface area contributed by atoms with Crippen molar-refractivity contribution in [3.8, 4) is 0 Å². The highest BCUT2D eigenvalue weighted by molar-refractivity contribution is 5.82. The molecule has 1 saturated heterocycles. The van der Waals surface area contributed by atoms with E-state index in [1.165, 1.54) is 12.5 Å². The Morgan fingerprint density at radius 1 is 1.56 bits per heavy atom. The molecule has 1 atom stereocenters. The second kappa shape index (κ2) is 3.98. The van der Waals surface area contributed by atoms with E-state index in [1.54, 1.807) is 11.6 Å². The fourth-order valence-electron chi connectivity index (χ4n) is 2.23. The van der Waals surface area contributed by atoms with Crippen LogP contribution in [0.4, 0.5) is 13.2 Å². The summed E-state index contributed by atoms with van der Waals surface area (Å²) in [5, 5.41) is 0. The lowest BCUT2D eigenvalue weighted by Gasteiger charge is -2.25. The zero-order chi connectivity index (χ0) is 13.6. The quantitative estimate of drug-likeness (QED) is 0.795. The third kappa shape index (κ3) is 2.07. The van der Waals surface area contributed by atoms with Gasteiger partial charge < -0.3 is 15.2 Å². The van der Waals surface area contributed by atoms with Crippen molar-refractivity contribution >= 4 is 5.91 Å². The van der Waals surface area contributed by atoms with Crippen LogP contribution >= 0.6 is 0 Å². The largest absolute Gasteiger partial charge is 0.471 e. The first-order valence-corrected chi connectivity index (χ1v) is 5.36. The molecular weight excluding hydrogens is 249 g/mol. The molecule has 1 aliphatic rings. The minimum atomic E-state index is -4.85. The summed E-state index contributed by atoms with van der Waals surface area (Å²) in [6.45, 7) is -0.148. The molecule has 18 heavy (non-hydrogen) atoms. The van der Waals surface area contributed by atoms with E-state index in [0.717, 1.165) is 4.90 Å². The van der Waals surface area contributed by atoms with Gasteiger partial charge in [0.25, 0.3) is 0 Å². The van der Waals surface area contributed by atoms with Gasteiger partial charge in [0.15, 0.2) is 0 Å². The van der Waals surface area contributed by atoms with Gasteiger partial charge >= 0.3 is 12.1 Å². The number of nitrogens with zero attached hydrogens (tertiary/aromatic N) is 3. The van der Waals surface area contributed by atoms with E-state index in [4.69, 9.17) is 5.73 Å². The number of likely N-dealkylation sites (tertiary alicyclic amines) is 1. The Balaban J connectivity index is 2.18. The maximum absolute atomic E-state index is 12.3. The molecule has 0 aromatic carbocycles. The van der Waals surface area contributed by atoms with Crippen molar-refractivity contribution in [3.05, 3.63) is 18.2 Å². The molecule has 0 saturated carbocycles. The van der Waals surface area contributed by atoms with E-state index in [9.17, 15) is 18.0 Å². The maximum Gasteiger partial charge on any atom is 0.471 e. The zero-order valence-corrected chi connectivity index (χ0v) is 9.74. The lowest BCUT2D eigenvalue weighted by Crippen LogP contribution is -2.45. The fraction of sp³-hybridized carbons (Fsp3) is 0.600. The van der Waals surface area contributed by atoms with E-state index >= 15 is 0 Å². The van der Waals surface area contributed by atoms with E-state index in [1.807, 2.05) is 0 Å². The van der Waals surface area contributed by atoms with Gasteiger partial charge in [0.05, 0.1) is 23.8 Å². The van der Waals surface area contributed by atoms with E-state index in [2.05, 4.69) is 4.98 Å². The predicted octanol–water partition coefficient (Wildman–Crippen LogP) is 0.369. The Morgan fingerprint density at radius 2 is 2.22 bits per heavy atom. The molecule has 5 nitrogen and oxygen atoms in total. The molecule has 1 fully saturated rings. The molecule has 0 radical (unpaired) electrons. The van der Waals surface area contributed by atoms with Gasteiger partial charge in [-0.1, -0.05) is 0 Å². The standard InChI is InChI=1S/C10H13F3N4O/c1-16-6-15-4-7(16)9(14)2-3-17(5-9)8(18)10(11,12)13/h4,6H,2-3,5,14H2,1H3. The van der Waals surface area contributed by atoms with Crippen LogP contribution in [0.25, 0.3) is 0 Å². The fourth-order valence-corrected chi connectivity index (χ4v) is 2.23.